The topological polar surface area (TPSA) is 55.1 Å². The van der Waals surface area contributed by atoms with Crippen LogP contribution in [0.15, 0.2) is 36.4 Å². The number of halogens is 3. The highest BCUT2D eigenvalue weighted by Crippen LogP contribution is 2.18. The van der Waals surface area contributed by atoms with Crippen LogP contribution in [0.2, 0.25) is 0 Å². The average molecular weight is 280 g/mol. The van der Waals surface area contributed by atoms with Crippen molar-refractivity contribution in [3.05, 3.63) is 65.0 Å². The van der Waals surface area contributed by atoms with Crippen LogP contribution in [0.1, 0.15) is 15.9 Å². The number of nitrogens with two attached hydrogens (primary N) is 1. The van der Waals surface area contributed by atoms with E-state index in [9.17, 15) is 18.0 Å². The van der Waals surface area contributed by atoms with Crippen molar-refractivity contribution in [3.8, 4) is 0 Å². The van der Waals surface area contributed by atoms with Gasteiger partial charge in [-0.1, -0.05) is 12.1 Å². The Labute approximate surface area is 113 Å². The van der Waals surface area contributed by atoms with E-state index in [0.29, 0.717) is 5.56 Å². The fourth-order valence-corrected chi connectivity index (χ4v) is 1.65. The van der Waals surface area contributed by atoms with Gasteiger partial charge in [0.15, 0.2) is 17.5 Å². The molecule has 0 bridgehead atoms. The van der Waals surface area contributed by atoms with Crippen LogP contribution in [-0.2, 0) is 6.54 Å². The van der Waals surface area contributed by atoms with Crippen LogP contribution in [0, 0.1) is 17.5 Å². The predicted octanol–water partition coefficient (Wildman–Crippen LogP) is 2.81. The fourth-order valence-electron chi connectivity index (χ4n) is 1.65. The third-order valence-electron chi connectivity index (χ3n) is 2.72. The summed E-state index contributed by atoms with van der Waals surface area (Å²) in [5.41, 5.74) is 6.37. The molecule has 0 atom stereocenters. The maximum absolute atomic E-state index is 13.0. The van der Waals surface area contributed by atoms with E-state index in [1.165, 1.54) is 0 Å². The van der Waals surface area contributed by atoms with E-state index in [1.807, 2.05) is 0 Å². The maximum atomic E-state index is 13.0. The summed E-state index contributed by atoms with van der Waals surface area (Å²) >= 11 is 0. The third kappa shape index (κ3) is 3.09. The lowest BCUT2D eigenvalue weighted by Gasteiger charge is -2.08. The molecule has 3 N–H and O–H groups in total. The minimum Gasteiger partial charge on any atom is -0.381 e. The molecule has 3 nitrogen and oxygen atoms in total. The Morgan fingerprint density at radius 1 is 1.05 bits per heavy atom. The smallest absolute Gasteiger partial charge is 0.248 e. The van der Waals surface area contributed by atoms with Gasteiger partial charge in [0.2, 0.25) is 5.91 Å². The van der Waals surface area contributed by atoms with E-state index in [2.05, 4.69) is 5.32 Å². The van der Waals surface area contributed by atoms with Crippen molar-refractivity contribution < 1.29 is 18.0 Å². The van der Waals surface area contributed by atoms with Gasteiger partial charge in [-0.2, -0.15) is 0 Å². The van der Waals surface area contributed by atoms with E-state index in [0.717, 1.165) is 17.7 Å². The molecule has 0 saturated carbocycles. The van der Waals surface area contributed by atoms with Gasteiger partial charge >= 0.3 is 0 Å². The fraction of sp³-hybridized carbons (Fsp3) is 0.0714. The molecule has 0 fully saturated rings. The number of benzene rings is 2. The van der Waals surface area contributed by atoms with Crippen molar-refractivity contribution in [3.63, 3.8) is 0 Å². The standard InChI is InChI=1S/C14H11F3N2O/c15-11-5-10(6-12(16)13(11)17)19-7-8-1-3-9(4-2-8)14(18)20/h1-6,19H,7H2,(H2,18,20). The number of hydrogen-bond acceptors (Lipinski definition) is 2. The van der Waals surface area contributed by atoms with Gasteiger partial charge in [-0.05, 0) is 17.7 Å². The number of hydrogen-bond donors (Lipinski definition) is 2. The quantitative estimate of drug-likeness (QED) is 0.846. The lowest BCUT2D eigenvalue weighted by atomic mass is 10.1. The number of amides is 1. The van der Waals surface area contributed by atoms with Crippen molar-refractivity contribution in [2.45, 2.75) is 6.54 Å². The summed E-state index contributed by atoms with van der Waals surface area (Å²) in [5, 5.41) is 2.76. The molecule has 2 rings (SSSR count). The summed E-state index contributed by atoms with van der Waals surface area (Å²) in [4.78, 5) is 10.9. The van der Waals surface area contributed by atoms with E-state index < -0.39 is 23.4 Å². The Kier molecular flexibility index (Phi) is 3.93. The van der Waals surface area contributed by atoms with Crippen LogP contribution in [-0.4, -0.2) is 5.91 Å². The molecule has 0 saturated heterocycles. The molecule has 0 spiro atoms. The molecule has 2 aromatic carbocycles. The Balaban J connectivity index is 2.07. The molecule has 0 aromatic heterocycles. The molecule has 0 heterocycles. The highest BCUT2D eigenvalue weighted by Gasteiger charge is 2.10. The van der Waals surface area contributed by atoms with Crippen LogP contribution >= 0.6 is 0 Å². The van der Waals surface area contributed by atoms with Gasteiger partial charge in [0.25, 0.3) is 0 Å². The first kappa shape index (κ1) is 13.9. The normalized spacial score (nSPS) is 10.3. The molecule has 0 aliphatic rings. The largest absolute Gasteiger partial charge is 0.381 e. The van der Waals surface area contributed by atoms with Crippen molar-refractivity contribution in [2.24, 2.45) is 5.73 Å². The molecular formula is C14H11F3N2O. The number of anilines is 1. The van der Waals surface area contributed by atoms with Gasteiger partial charge in [0.05, 0.1) is 0 Å². The van der Waals surface area contributed by atoms with E-state index in [-0.39, 0.29) is 12.2 Å². The highest BCUT2D eigenvalue weighted by molar-refractivity contribution is 5.92. The maximum Gasteiger partial charge on any atom is 0.248 e. The van der Waals surface area contributed by atoms with Gasteiger partial charge in [-0.3, -0.25) is 4.79 Å². The number of carbonyl (C=O) groups is 1. The number of primary amides is 1. The van der Waals surface area contributed by atoms with E-state index in [4.69, 9.17) is 5.73 Å². The highest BCUT2D eigenvalue weighted by atomic mass is 19.2. The van der Waals surface area contributed by atoms with Crippen LogP contribution in [0.4, 0.5) is 18.9 Å². The van der Waals surface area contributed by atoms with Crippen molar-refractivity contribution in [1.29, 1.82) is 0 Å². The molecule has 104 valence electrons. The van der Waals surface area contributed by atoms with Crippen molar-refractivity contribution >= 4 is 11.6 Å². The van der Waals surface area contributed by atoms with Gasteiger partial charge in [-0.25, -0.2) is 13.2 Å². The van der Waals surface area contributed by atoms with E-state index >= 15 is 0 Å². The molecule has 0 aliphatic carbocycles. The number of rotatable bonds is 4. The molecule has 6 heteroatoms. The zero-order valence-electron chi connectivity index (χ0n) is 10.3. The Morgan fingerprint density at radius 2 is 1.60 bits per heavy atom. The van der Waals surface area contributed by atoms with Crippen molar-refractivity contribution in [1.82, 2.24) is 0 Å². The van der Waals surface area contributed by atoms with Crippen LogP contribution in [0.25, 0.3) is 0 Å². The average Bonchev–Trinajstić information content (AvgIpc) is 2.42. The summed E-state index contributed by atoms with van der Waals surface area (Å²) < 4.78 is 38.8. The summed E-state index contributed by atoms with van der Waals surface area (Å²) in [6, 6.07) is 8.15. The Hall–Kier alpha value is -2.50. The molecule has 2 aromatic rings. The van der Waals surface area contributed by atoms with Gasteiger partial charge in [0, 0.05) is 29.9 Å². The van der Waals surface area contributed by atoms with Crippen molar-refractivity contribution in [2.75, 3.05) is 5.32 Å². The summed E-state index contributed by atoms with van der Waals surface area (Å²) in [6.45, 7) is 0.267. The summed E-state index contributed by atoms with van der Waals surface area (Å²) in [5.74, 6) is -4.54. The SMILES string of the molecule is NC(=O)c1ccc(CNc2cc(F)c(F)c(F)c2)cc1. The second-order valence-corrected chi connectivity index (χ2v) is 4.17. The molecule has 20 heavy (non-hydrogen) atoms. The zero-order valence-corrected chi connectivity index (χ0v) is 10.3. The third-order valence-corrected chi connectivity index (χ3v) is 2.72. The molecular weight excluding hydrogens is 269 g/mol. The van der Waals surface area contributed by atoms with Gasteiger partial charge in [0.1, 0.15) is 0 Å². The molecule has 0 unspecified atom stereocenters. The summed E-state index contributed by atoms with van der Waals surface area (Å²) in [6.07, 6.45) is 0. The van der Waals surface area contributed by atoms with Crippen LogP contribution < -0.4 is 11.1 Å². The molecule has 0 aliphatic heterocycles. The lowest BCUT2D eigenvalue weighted by molar-refractivity contribution is 0.100. The van der Waals surface area contributed by atoms with Gasteiger partial charge in [-0.15, -0.1) is 0 Å². The molecule has 0 radical (unpaired) electrons. The predicted molar refractivity (Wildman–Crippen MR) is 68.6 cm³/mol. The first-order valence-corrected chi connectivity index (χ1v) is 5.74. The van der Waals surface area contributed by atoms with E-state index in [1.54, 1.807) is 24.3 Å². The minimum absolute atomic E-state index is 0.125. The summed E-state index contributed by atoms with van der Waals surface area (Å²) in [7, 11) is 0. The minimum atomic E-state index is -1.50. The first-order valence-electron chi connectivity index (χ1n) is 5.74. The number of nitrogens with one attached hydrogen (secondary N) is 1. The lowest BCUT2D eigenvalue weighted by Crippen LogP contribution is -2.10. The van der Waals surface area contributed by atoms with Gasteiger partial charge < -0.3 is 11.1 Å². The van der Waals surface area contributed by atoms with Crippen LogP contribution in [0.5, 0.6) is 0 Å². The second-order valence-electron chi connectivity index (χ2n) is 4.17. The first-order chi connectivity index (χ1) is 9.47. The van der Waals surface area contributed by atoms with Crippen LogP contribution in [0.3, 0.4) is 0 Å². The second kappa shape index (κ2) is 5.64. The number of carbonyl (C=O) groups excluding carboxylic acids is 1. The molecule has 1 amide bonds. The zero-order chi connectivity index (χ0) is 14.7. The Morgan fingerprint density at radius 3 is 2.10 bits per heavy atom. The monoisotopic (exact) mass is 280 g/mol. The Bertz CT molecular complexity index is 618.